The van der Waals surface area contributed by atoms with E-state index in [2.05, 4.69) is 4.72 Å². The molecule has 0 aliphatic heterocycles. The van der Waals surface area contributed by atoms with Gasteiger partial charge in [0.15, 0.2) is 0 Å². The van der Waals surface area contributed by atoms with Crippen LogP contribution in [0.5, 0.6) is 0 Å². The second-order valence-electron chi connectivity index (χ2n) is 5.08. The van der Waals surface area contributed by atoms with Gasteiger partial charge in [0.1, 0.15) is 6.04 Å². The number of nitrogens with zero attached hydrogens (tertiary/aromatic N) is 1. The lowest BCUT2D eigenvalue weighted by Crippen LogP contribution is -2.50. The van der Waals surface area contributed by atoms with E-state index in [0.29, 0.717) is 19.0 Å². The minimum absolute atomic E-state index is 0.295. The van der Waals surface area contributed by atoms with Gasteiger partial charge >= 0.3 is 5.97 Å². The second kappa shape index (κ2) is 5.99. The Balaban J connectivity index is 2.73. The van der Waals surface area contributed by atoms with Gasteiger partial charge in [-0.2, -0.15) is 17.4 Å². The van der Waals surface area contributed by atoms with Crippen molar-refractivity contribution < 1.29 is 18.3 Å². The fraction of sp³-hybridized carbons (Fsp3) is 0.909. The summed E-state index contributed by atoms with van der Waals surface area (Å²) >= 11 is 0. The van der Waals surface area contributed by atoms with E-state index in [-0.39, 0.29) is 5.92 Å². The summed E-state index contributed by atoms with van der Waals surface area (Å²) in [5.41, 5.74) is 0. The highest BCUT2D eigenvalue weighted by atomic mass is 32.2. The number of hydrogen-bond acceptors (Lipinski definition) is 3. The Labute approximate surface area is 109 Å². The third-order valence-electron chi connectivity index (χ3n) is 3.06. The summed E-state index contributed by atoms with van der Waals surface area (Å²) in [5.74, 6) is -1.00. The second-order valence-corrected chi connectivity index (χ2v) is 6.78. The van der Waals surface area contributed by atoms with Gasteiger partial charge in [-0.05, 0) is 24.7 Å². The first-order chi connectivity index (χ1) is 8.27. The molecular formula is C11H22N2O4S. The van der Waals surface area contributed by atoms with Crippen molar-refractivity contribution in [3.05, 3.63) is 0 Å². The highest BCUT2D eigenvalue weighted by molar-refractivity contribution is 7.87. The van der Waals surface area contributed by atoms with Crippen LogP contribution in [0.4, 0.5) is 0 Å². The van der Waals surface area contributed by atoms with E-state index >= 15 is 0 Å². The largest absolute Gasteiger partial charge is 0.480 e. The molecule has 0 unspecified atom stereocenters. The lowest BCUT2D eigenvalue weighted by atomic mass is 10.1. The summed E-state index contributed by atoms with van der Waals surface area (Å²) < 4.78 is 27.8. The summed E-state index contributed by atoms with van der Waals surface area (Å²) in [6.45, 7) is 5.95. The number of nitrogens with one attached hydrogen (secondary N) is 1. The minimum Gasteiger partial charge on any atom is -0.480 e. The van der Waals surface area contributed by atoms with Gasteiger partial charge in [0, 0.05) is 13.1 Å². The number of aliphatic carboxylic acids is 1. The first-order valence-electron chi connectivity index (χ1n) is 6.28. The quantitative estimate of drug-likeness (QED) is 0.683. The summed E-state index contributed by atoms with van der Waals surface area (Å²) in [4.78, 5) is 11.0. The molecule has 0 radical (unpaired) electrons. The molecule has 1 aliphatic rings. The monoisotopic (exact) mass is 278 g/mol. The van der Waals surface area contributed by atoms with E-state index in [1.54, 1.807) is 20.8 Å². The van der Waals surface area contributed by atoms with Crippen LogP contribution in [-0.4, -0.2) is 42.9 Å². The highest BCUT2D eigenvalue weighted by Crippen LogP contribution is 2.30. The van der Waals surface area contributed by atoms with Crippen molar-refractivity contribution in [1.82, 2.24) is 9.03 Å². The molecule has 0 aromatic rings. The average Bonchev–Trinajstić information content (AvgIpc) is 3.05. The highest BCUT2D eigenvalue weighted by Gasteiger charge is 2.33. The van der Waals surface area contributed by atoms with E-state index in [1.807, 2.05) is 0 Å². The van der Waals surface area contributed by atoms with Crippen LogP contribution in [0.3, 0.4) is 0 Å². The van der Waals surface area contributed by atoms with Crippen molar-refractivity contribution in [2.24, 2.45) is 11.8 Å². The van der Waals surface area contributed by atoms with Crippen LogP contribution in [0.15, 0.2) is 0 Å². The maximum atomic E-state index is 12.1. The van der Waals surface area contributed by atoms with Crippen LogP contribution in [0.1, 0.15) is 33.6 Å². The van der Waals surface area contributed by atoms with Gasteiger partial charge in [0.2, 0.25) is 0 Å². The molecule has 1 rings (SSSR count). The molecule has 0 bridgehead atoms. The van der Waals surface area contributed by atoms with E-state index < -0.39 is 22.2 Å². The Kier molecular flexibility index (Phi) is 5.12. The molecule has 6 nitrogen and oxygen atoms in total. The smallest absolute Gasteiger partial charge is 0.322 e. The molecule has 0 amide bonds. The van der Waals surface area contributed by atoms with Gasteiger partial charge in [0.05, 0.1) is 0 Å². The number of carboxylic acids is 1. The third-order valence-corrected chi connectivity index (χ3v) is 4.70. The maximum absolute atomic E-state index is 12.1. The van der Waals surface area contributed by atoms with E-state index in [9.17, 15) is 13.2 Å². The van der Waals surface area contributed by atoms with Crippen LogP contribution < -0.4 is 4.72 Å². The fourth-order valence-corrected chi connectivity index (χ4v) is 3.28. The molecule has 0 saturated heterocycles. The zero-order chi connectivity index (χ0) is 13.9. The van der Waals surface area contributed by atoms with Gasteiger partial charge in [-0.15, -0.1) is 0 Å². The molecule has 1 fully saturated rings. The average molecular weight is 278 g/mol. The van der Waals surface area contributed by atoms with Crippen molar-refractivity contribution in [3.8, 4) is 0 Å². The Morgan fingerprint density at radius 1 is 1.44 bits per heavy atom. The van der Waals surface area contributed by atoms with Crippen LogP contribution in [0.2, 0.25) is 0 Å². The van der Waals surface area contributed by atoms with Crippen molar-refractivity contribution in [2.75, 3.05) is 13.1 Å². The van der Waals surface area contributed by atoms with Crippen molar-refractivity contribution >= 4 is 16.2 Å². The topological polar surface area (TPSA) is 86.7 Å². The first kappa shape index (κ1) is 15.4. The van der Waals surface area contributed by atoms with Gasteiger partial charge in [-0.1, -0.05) is 20.8 Å². The molecule has 1 saturated carbocycles. The summed E-state index contributed by atoms with van der Waals surface area (Å²) in [7, 11) is -3.71. The van der Waals surface area contributed by atoms with Gasteiger partial charge < -0.3 is 5.11 Å². The molecule has 7 heteroatoms. The zero-order valence-corrected chi connectivity index (χ0v) is 11.9. The summed E-state index contributed by atoms with van der Waals surface area (Å²) in [5, 5.41) is 9.01. The SMILES string of the molecule is CCN(CC1CC1)S(=O)(=O)N[C@@H](C(=O)O)C(C)C. The number of carbonyl (C=O) groups is 1. The van der Waals surface area contributed by atoms with Crippen molar-refractivity contribution in [1.29, 1.82) is 0 Å². The molecule has 1 atom stereocenters. The van der Waals surface area contributed by atoms with E-state index in [4.69, 9.17) is 5.11 Å². The van der Waals surface area contributed by atoms with Crippen molar-refractivity contribution in [3.63, 3.8) is 0 Å². The van der Waals surface area contributed by atoms with Crippen LogP contribution in [-0.2, 0) is 15.0 Å². The molecular weight excluding hydrogens is 256 g/mol. The molecule has 0 spiro atoms. The van der Waals surface area contributed by atoms with Crippen LogP contribution >= 0.6 is 0 Å². The Hall–Kier alpha value is -0.660. The van der Waals surface area contributed by atoms with E-state index in [0.717, 1.165) is 12.8 Å². The van der Waals surface area contributed by atoms with Crippen LogP contribution in [0, 0.1) is 11.8 Å². The van der Waals surface area contributed by atoms with Crippen LogP contribution in [0.25, 0.3) is 0 Å². The standard InChI is InChI=1S/C11H22N2O4S/c1-4-13(7-9-5-6-9)18(16,17)12-10(8(2)3)11(14)15/h8-10,12H,4-7H2,1-3H3,(H,14,15)/t10-/m1/s1. The van der Waals surface area contributed by atoms with Gasteiger partial charge in [-0.25, -0.2) is 0 Å². The number of rotatable bonds is 8. The molecule has 18 heavy (non-hydrogen) atoms. The Bertz CT molecular complexity index is 390. The summed E-state index contributed by atoms with van der Waals surface area (Å²) in [6.07, 6.45) is 2.11. The normalized spacial score (nSPS) is 18.3. The van der Waals surface area contributed by atoms with E-state index in [1.165, 1.54) is 4.31 Å². The molecule has 2 N–H and O–H groups in total. The number of carboxylic acid groups (broad SMARTS) is 1. The molecule has 0 aromatic carbocycles. The zero-order valence-electron chi connectivity index (χ0n) is 11.1. The predicted octanol–water partition coefficient (Wildman–Crippen LogP) is 0.662. The number of hydrogen-bond donors (Lipinski definition) is 2. The maximum Gasteiger partial charge on any atom is 0.322 e. The minimum atomic E-state index is -3.71. The molecule has 0 aromatic heterocycles. The third kappa shape index (κ3) is 4.22. The Morgan fingerprint density at radius 3 is 2.33 bits per heavy atom. The van der Waals surface area contributed by atoms with Gasteiger partial charge in [-0.3, -0.25) is 4.79 Å². The lowest BCUT2D eigenvalue weighted by Gasteiger charge is -2.24. The fourth-order valence-electron chi connectivity index (χ4n) is 1.69. The molecule has 106 valence electrons. The summed E-state index contributed by atoms with van der Waals surface area (Å²) in [6, 6.07) is -1.08. The Morgan fingerprint density at radius 2 is 2.00 bits per heavy atom. The predicted molar refractivity (Wildman–Crippen MR) is 68.3 cm³/mol. The molecule has 1 aliphatic carbocycles. The van der Waals surface area contributed by atoms with Gasteiger partial charge in [0.25, 0.3) is 10.2 Å². The molecule has 0 heterocycles. The van der Waals surface area contributed by atoms with Crippen molar-refractivity contribution in [2.45, 2.75) is 39.7 Å². The lowest BCUT2D eigenvalue weighted by molar-refractivity contribution is -0.140. The first-order valence-corrected chi connectivity index (χ1v) is 7.72.